The van der Waals surface area contributed by atoms with E-state index < -0.39 is 5.60 Å². The van der Waals surface area contributed by atoms with Crippen LogP contribution in [0.5, 0.6) is 0 Å². The molecule has 0 rings (SSSR count). The number of hydrogen-bond acceptors (Lipinski definition) is 1. The molecular formula is C10H18O. The van der Waals surface area contributed by atoms with Crippen LogP contribution in [0.4, 0.5) is 0 Å². The van der Waals surface area contributed by atoms with Crippen LogP contribution in [0.3, 0.4) is 0 Å². The molecule has 0 aromatic carbocycles. The van der Waals surface area contributed by atoms with E-state index in [9.17, 15) is 5.11 Å². The van der Waals surface area contributed by atoms with Gasteiger partial charge >= 0.3 is 0 Å². The highest BCUT2D eigenvalue weighted by Gasteiger charge is 2.08. The monoisotopic (exact) mass is 154 g/mol. The molecular weight excluding hydrogens is 136 g/mol. The van der Waals surface area contributed by atoms with E-state index >= 15 is 0 Å². The third-order valence-corrected chi connectivity index (χ3v) is 1.43. The summed E-state index contributed by atoms with van der Waals surface area (Å²) in [6.45, 7) is 9.33. The summed E-state index contributed by atoms with van der Waals surface area (Å²) in [6, 6.07) is 0. The molecule has 0 amide bonds. The summed E-state index contributed by atoms with van der Waals surface area (Å²) in [5.41, 5.74) is -0.586. The lowest BCUT2D eigenvalue weighted by atomic mass is 10.0. The van der Waals surface area contributed by atoms with E-state index in [1.807, 2.05) is 18.2 Å². The van der Waals surface area contributed by atoms with Gasteiger partial charge in [-0.25, -0.2) is 0 Å². The molecule has 1 atom stereocenters. The minimum atomic E-state index is -0.586. The number of hydrogen-bond donors (Lipinski definition) is 1. The highest BCUT2D eigenvalue weighted by atomic mass is 16.3. The molecule has 0 saturated heterocycles. The average Bonchev–Trinajstić information content (AvgIpc) is 1.85. The van der Waals surface area contributed by atoms with Gasteiger partial charge in [-0.2, -0.15) is 0 Å². The van der Waals surface area contributed by atoms with Gasteiger partial charge in [-0.3, -0.25) is 0 Å². The average molecular weight is 154 g/mol. The van der Waals surface area contributed by atoms with Gasteiger partial charge in [0.25, 0.3) is 0 Å². The summed E-state index contributed by atoms with van der Waals surface area (Å²) in [5.74, 6) is 0.400. The molecule has 11 heavy (non-hydrogen) atoms. The summed E-state index contributed by atoms with van der Waals surface area (Å²) in [5, 5.41) is 9.33. The van der Waals surface area contributed by atoms with Crippen molar-refractivity contribution >= 4 is 0 Å². The van der Waals surface area contributed by atoms with Gasteiger partial charge in [0.05, 0.1) is 5.60 Å². The molecule has 0 saturated carbocycles. The first kappa shape index (κ1) is 10.4. The van der Waals surface area contributed by atoms with Gasteiger partial charge in [0.2, 0.25) is 0 Å². The normalized spacial score (nSPS) is 15.3. The van der Waals surface area contributed by atoms with Crippen LogP contribution in [0, 0.1) is 5.92 Å². The second kappa shape index (κ2) is 4.35. The van der Waals surface area contributed by atoms with Crippen molar-refractivity contribution in [1.82, 2.24) is 0 Å². The molecule has 0 fully saturated rings. The SMILES string of the molecule is C=CC(C)C=CCC(C)(C)O. The van der Waals surface area contributed by atoms with E-state index in [0.29, 0.717) is 12.3 Å². The van der Waals surface area contributed by atoms with Gasteiger partial charge in [-0.15, -0.1) is 6.58 Å². The van der Waals surface area contributed by atoms with Crippen LogP contribution in [0.2, 0.25) is 0 Å². The minimum absolute atomic E-state index is 0.400. The first-order valence-electron chi connectivity index (χ1n) is 3.97. The van der Waals surface area contributed by atoms with E-state index in [1.165, 1.54) is 0 Å². The van der Waals surface area contributed by atoms with Crippen LogP contribution in [0.25, 0.3) is 0 Å². The standard InChI is InChI=1S/C10H18O/c1-5-9(2)7-6-8-10(3,4)11/h5-7,9,11H,1,8H2,2-4H3. The van der Waals surface area contributed by atoms with Crippen LogP contribution < -0.4 is 0 Å². The zero-order valence-corrected chi connectivity index (χ0v) is 7.67. The van der Waals surface area contributed by atoms with Crippen molar-refractivity contribution in [2.45, 2.75) is 32.8 Å². The van der Waals surface area contributed by atoms with Crippen LogP contribution >= 0.6 is 0 Å². The lowest BCUT2D eigenvalue weighted by Crippen LogP contribution is -2.16. The van der Waals surface area contributed by atoms with Crippen LogP contribution in [0.1, 0.15) is 27.2 Å². The second-order valence-corrected chi connectivity index (χ2v) is 3.54. The van der Waals surface area contributed by atoms with E-state index in [-0.39, 0.29) is 0 Å². The maximum atomic E-state index is 9.33. The first-order valence-corrected chi connectivity index (χ1v) is 3.97. The van der Waals surface area contributed by atoms with Crippen molar-refractivity contribution < 1.29 is 5.11 Å². The van der Waals surface area contributed by atoms with Gasteiger partial charge in [0.1, 0.15) is 0 Å². The molecule has 64 valence electrons. The third kappa shape index (κ3) is 7.34. The smallest absolute Gasteiger partial charge is 0.0626 e. The Hall–Kier alpha value is -0.560. The predicted molar refractivity (Wildman–Crippen MR) is 49.4 cm³/mol. The molecule has 0 aromatic heterocycles. The molecule has 1 N–H and O–H groups in total. The van der Waals surface area contributed by atoms with Crippen LogP contribution in [-0.2, 0) is 0 Å². The van der Waals surface area contributed by atoms with Crippen molar-refractivity contribution in [2.75, 3.05) is 0 Å². The number of rotatable bonds is 4. The summed E-state index contributed by atoms with van der Waals surface area (Å²) < 4.78 is 0. The fourth-order valence-corrected chi connectivity index (χ4v) is 0.650. The predicted octanol–water partition coefficient (Wildman–Crippen LogP) is 2.53. The van der Waals surface area contributed by atoms with E-state index in [0.717, 1.165) is 0 Å². The number of allylic oxidation sites excluding steroid dienone is 2. The molecule has 1 nitrogen and oxygen atoms in total. The Balaban J connectivity index is 3.69. The van der Waals surface area contributed by atoms with Gasteiger partial charge in [-0.05, 0) is 26.2 Å². The maximum absolute atomic E-state index is 9.33. The fraction of sp³-hybridized carbons (Fsp3) is 0.600. The Morgan fingerprint density at radius 1 is 1.55 bits per heavy atom. The van der Waals surface area contributed by atoms with Gasteiger partial charge in [0.15, 0.2) is 0 Å². The number of aliphatic hydroxyl groups is 1. The summed E-state index contributed by atoms with van der Waals surface area (Å²) in [4.78, 5) is 0. The topological polar surface area (TPSA) is 20.2 Å². The highest BCUT2D eigenvalue weighted by Crippen LogP contribution is 2.09. The Labute approximate surface area is 69.4 Å². The largest absolute Gasteiger partial charge is 0.390 e. The Kier molecular flexibility index (Phi) is 4.12. The molecule has 0 aromatic rings. The highest BCUT2D eigenvalue weighted by molar-refractivity contribution is 4.96. The van der Waals surface area contributed by atoms with Crippen molar-refractivity contribution in [1.29, 1.82) is 0 Å². The van der Waals surface area contributed by atoms with Crippen LogP contribution in [0.15, 0.2) is 24.8 Å². The summed E-state index contributed by atoms with van der Waals surface area (Å²) in [6.07, 6.45) is 6.61. The molecule has 0 heterocycles. The molecule has 0 spiro atoms. The quantitative estimate of drug-likeness (QED) is 0.617. The zero-order chi connectivity index (χ0) is 8.91. The van der Waals surface area contributed by atoms with E-state index in [2.05, 4.69) is 13.5 Å². The minimum Gasteiger partial charge on any atom is -0.390 e. The Morgan fingerprint density at radius 2 is 2.09 bits per heavy atom. The lowest BCUT2D eigenvalue weighted by molar-refractivity contribution is 0.0838. The first-order chi connectivity index (χ1) is 4.95. The second-order valence-electron chi connectivity index (χ2n) is 3.54. The van der Waals surface area contributed by atoms with Gasteiger partial charge < -0.3 is 5.11 Å². The van der Waals surface area contributed by atoms with Crippen molar-refractivity contribution in [3.8, 4) is 0 Å². The fourth-order valence-electron chi connectivity index (χ4n) is 0.650. The lowest BCUT2D eigenvalue weighted by Gasteiger charge is -2.13. The molecule has 1 unspecified atom stereocenters. The summed E-state index contributed by atoms with van der Waals surface area (Å²) >= 11 is 0. The Morgan fingerprint density at radius 3 is 2.45 bits per heavy atom. The van der Waals surface area contributed by atoms with Crippen molar-refractivity contribution in [3.63, 3.8) is 0 Å². The van der Waals surface area contributed by atoms with Crippen molar-refractivity contribution in [2.24, 2.45) is 5.92 Å². The van der Waals surface area contributed by atoms with E-state index in [4.69, 9.17) is 0 Å². The third-order valence-electron chi connectivity index (χ3n) is 1.43. The molecule has 0 bridgehead atoms. The zero-order valence-electron chi connectivity index (χ0n) is 7.67. The maximum Gasteiger partial charge on any atom is 0.0626 e. The summed E-state index contributed by atoms with van der Waals surface area (Å²) in [7, 11) is 0. The van der Waals surface area contributed by atoms with Crippen molar-refractivity contribution in [3.05, 3.63) is 24.8 Å². The van der Waals surface area contributed by atoms with E-state index in [1.54, 1.807) is 13.8 Å². The molecule has 0 radical (unpaired) electrons. The van der Waals surface area contributed by atoms with Crippen LogP contribution in [-0.4, -0.2) is 10.7 Å². The molecule has 0 aliphatic carbocycles. The Bertz CT molecular complexity index is 139. The molecule has 0 aliphatic rings. The molecule has 1 heteroatoms. The van der Waals surface area contributed by atoms with Gasteiger partial charge in [0, 0.05) is 0 Å². The van der Waals surface area contributed by atoms with Gasteiger partial charge in [-0.1, -0.05) is 25.2 Å². The molecule has 0 aliphatic heterocycles.